The number of carbonyl (C=O) groups excluding carboxylic acids is 1. The van der Waals surface area contributed by atoms with E-state index in [0.29, 0.717) is 29.9 Å². The summed E-state index contributed by atoms with van der Waals surface area (Å²) < 4.78 is 22.7. The molecule has 0 bridgehead atoms. The van der Waals surface area contributed by atoms with E-state index in [4.69, 9.17) is 18.6 Å². The number of hydrogen-bond acceptors (Lipinski definition) is 6. The molecule has 1 atom stereocenters. The maximum atomic E-state index is 12.8. The molecule has 6 heteroatoms. The molecule has 0 unspecified atom stereocenters. The van der Waals surface area contributed by atoms with Crippen LogP contribution in [0, 0.1) is 6.92 Å². The number of rotatable bonds is 6. The van der Waals surface area contributed by atoms with Gasteiger partial charge in [-0.1, -0.05) is 24.3 Å². The van der Waals surface area contributed by atoms with E-state index in [-0.39, 0.29) is 23.9 Å². The molecule has 2 heterocycles. The zero-order valence-corrected chi connectivity index (χ0v) is 21.0. The second kappa shape index (κ2) is 9.43. The summed E-state index contributed by atoms with van der Waals surface area (Å²) in [6, 6.07) is 17.8. The molecule has 2 aliphatic rings. The first-order valence-electron chi connectivity index (χ1n) is 12.7. The molecule has 1 aliphatic carbocycles. The largest absolute Gasteiger partial charge is 0.497 e. The topological polar surface area (TPSA) is 75.0 Å². The Labute approximate surface area is 214 Å². The number of carbonyl (C=O) groups is 1. The first kappa shape index (κ1) is 23.3. The fourth-order valence-electron chi connectivity index (χ4n) is 5.67. The first-order chi connectivity index (χ1) is 18.0. The van der Waals surface area contributed by atoms with Crippen LogP contribution in [-0.2, 0) is 24.1 Å². The van der Waals surface area contributed by atoms with Crippen molar-refractivity contribution in [1.82, 2.24) is 0 Å². The number of esters is 1. The molecular formula is C31H28O6. The van der Waals surface area contributed by atoms with E-state index in [9.17, 15) is 9.59 Å². The Morgan fingerprint density at radius 3 is 2.43 bits per heavy atom. The molecule has 0 N–H and O–H groups in total. The van der Waals surface area contributed by atoms with Gasteiger partial charge >= 0.3 is 11.6 Å². The number of ether oxygens (including phenoxy) is 3. The predicted octanol–water partition coefficient (Wildman–Crippen LogP) is 5.66. The summed E-state index contributed by atoms with van der Waals surface area (Å²) in [4.78, 5) is 25.2. The van der Waals surface area contributed by atoms with Gasteiger partial charge in [0.1, 0.15) is 22.8 Å². The molecular weight excluding hydrogens is 468 g/mol. The highest BCUT2D eigenvalue weighted by Crippen LogP contribution is 2.47. The summed E-state index contributed by atoms with van der Waals surface area (Å²) in [5.74, 6) is 1.76. The van der Waals surface area contributed by atoms with E-state index >= 15 is 0 Å². The zero-order valence-electron chi connectivity index (χ0n) is 21.0. The third-order valence-electron chi connectivity index (χ3n) is 7.50. The Morgan fingerprint density at radius 2 is 1.68 bits per heavy atom. The average Bonchev–Trinajstić information content (AvgIpc) is 3.39. The Hall–Kier alpha value is -4.06. The van der Waals surface area contributed by atoms with Gasteiger partial charge in [0.15, 0.2) is 0 Å². The Kier molecular flexibility index (Phi) is 5.95. The number of fused-ring (bicyclic) bond motifs is 5. The maximum absolute atomic E-state index is 12.8. The predicted molar refractivity (Wildman–Crippen MR) is 140 cm³/mol. The zero-order chi connectivity index (χ0) is 25.5. The molecule has 37 heavy (non-hydrogen) atoms. The number of methoxy groups -OCH3 is 1. The van der Waals surface area contributed by atoms with Gasteiger partial charge in [-0.15, -0.1) is 0 Å². The van der Waals surface area contributed by atoms with Gasteiger partial charge < -0.3 is 18.6 Å². The van der Waals surface area contributed by atoms with E-state index in [1.54, 1.807) is 7.11 Å². The van der Waals surface area contributed by atoms with Gasteiger partial charge in [-0.25, -0.2) is 4.79 Å². The molecule has 188 valence electrons. The summed E-state index contributed by atoms with van der Waals surface area (Å²) in [6.45, 7) is 2.54. The Morgan fingerprint density at radius 1 is 0.946 bits per heavy atom. The van der Waals surface area contributed by atoms with Crippen LogP contribution in [0.25, 0.3) is 11.0 Å². The minimum atomic E-state index is -0.277. The Bertz CT molecular complexity index is 1550. The summed E-state index contributed by atoms with van der Waals surface area (Å²) in [6.07, 6.45) is 3.45. The van der Waals surface area contributed by atoms with Crippen LogP contribution in [0.2, 0.25) is 0 Å². The van der Waals surface area contributed by atoms with Gasteiger partial charge in [0, 0.05) is 23.5 Å². The van der Waals surface area contributed by atoms with Crippen molar-refractivity contribution in [2.45, 2.75) is 44.9 Å². The van der Waals surface area contributed by atoms with Crippen molar-refractivity contribution in [2.24, 2.45) is 0 Å². The number of benzene rings is 3. The average molecular weight is 497 g/mol. The molecule has 0 saturated heterocycles. The molecule has 1 aromatic heterocycles. The molecule has 6 rings (SSSR count). The van der Waals surface area contributed by atoms with E-state index < -0.39 is 0 Å². The lowest BCUT2D eigenvalue weighted by Crippen LogP contribution is -2.23. The minimum absolute atomic E-state index is 0.141. The maximum Gasteiger partial charge on any atom is 0.339 e. The summed E-state index contributed by atoms with van der Waals surface area (Å²) >= 11 is 0. The van der Waals surface area contributed by atoms with Crippen LogP contribution < -0.4 is 19.8 Å². The molecule has 0 fully saturated rings. The lowest BCUT2D eigenvalue weighted by Gasteiger charge is -2.28. The minimum Gasteiger partial charge on any atom is -0.497 e. The van der Waals surface area contributed by atoms with Crippen molar-refractivity contribution < 1.29 is 23.4 Å². The fraction of sp³-hybridized carbons (Fsp3) is 0.290. The van der Waals surface area contributed by atoms with E-state index in [1.165, 1.54) is 5.56 Å². The monoisotopic (exact) mass is 496 g/mol. The van der Waals surface area contributed by atoms with Gasteiger partial charge in [-0.2, -0.15) is 0 Å². The smallest absolute Gasteiger partial charge is 0.339 e. The van der Waals surface area contributed by atoms with Crippen molar-refractivity contribution in [2.75, 3.05) is 13.7 Å². The highest BCUT2D eigenvalue weighted by Gasteiger charge is 2.34. The molecule has 4 aromatic rings. The molecule has 0 spiro atoms. The number of aryl methyl sites for hydroxylation is 2. The van der Waals surface area contributed by atoms with Crippen molar-refractivity contribution in [3.8, 4) is 17.2 Å². The summed E-state index contributed by atoms with van der Waals surface area (Å²) in [5, 5.41) is 0.782. The van der Waals surface area contributed by atoms with Gasteiger partial charge in [-0.05, 0) is 78.8 Å². The second-order valence-electron chi connectivity index (χ2n) is 9.76. The van der Waals surface area contributed by atoms with E-state index in [1.807, 2.05) is 61.5 Å². The van der Waals surface area contributed by atoms with Crippen LogP contribution in [0.5, 0.6) is 17.2 Å². The van der Waals surface area contributed by atoms with Crippen molar-refractivity contribution >= 4 is 16.9 Å². The van der Waals surface area contributed by atoms with E-state index in [2.05, 4.69) is 0 Å². The lowest BCUT2D eigenvalue weighted by molar-refractivity contribution is -0.135. The molecule has 3 aromatic carbocycles. The van der Waals surface area contributed by atoms with Crippen LogP contribution >= 0.6 is 0 Å². The van der Waals surface area contributed by atoms with Crippen LogP contribution in [0.15, 0.2) is 63.8 Å². The third kappa shape index (κ3) is 4.26. The summed E-state index contributed by atoms with van der Waals surface area (Å²) in [7, 11) is 1.66. The summed E-state index contributed by atoms with van der Waals surface area (Å²) in [5.41, 5.74) is 6.04. The molecule has 0 saturated carbocycles. The number of hydrogen-bond donors (Lipinski definition) is 0. The Balaban J connectivity index is 1.27. The van der Waals surface area contributed by atoms with Crippen LogP contribution in [0.1, 0.15) is 52.1 Å². The van der Waals surface area contributed by atoms with Crippen LogP contribution in [-0.4, -0.2) is 19.7 Å². The van der Waals surface area contributed by atoms with Crippen LogP contribution in [0.4, 0.5) is 0 Å². The molecule has 0 amide bonds. The highest BCUT2D eigenvalue weighted by molar-refractivity contribution is 5.94. The van der Waals surface area contributed by atoms with Gasteiger partial charge in [0.2, 0.25) is 0 Å². The molecule has 6 nitrogen and oxygen atoms in total. The van der Waals surface area contributed by atoms with Gasteiger partial charge in [0.05, 0.1) is 25.5 Å². The SMILES string of the molecule is COc1ccc(CCOc2ccc([C@H]3CC(=O)Oc4c3c(C)cc3oc(=O)c5c(c43)CCC5)cc2)cc1. The standard InChI is InChI=1S/C31H28O6/c1-18-16-26-29(23-4-3-5-24(23)31(33)36-26)30-28(18)25(17-27(32)37-30)20-8-12-22(13-9-20)35-15-14-19-6-10-21(34-2)11-7-19/h6-13,16,25H,3-5,14-15,17H2,1-2H3/t25-/m1/s1. The quantitative estimate of drug-likeness (QED) is 0.195. The van der Waals surface area contributed by atoms with Crippen LogP contribution in [0.3, 0.4) is 0 Å². The van der Waals surface area contributed by atoms with Crippen molar-refractivity contribution in [1.29, 1.82) is 0 Å². The second-order valence-corrected chi connectivity index (χ2v) is 9.76. The third-order valence-corrected chi connectivity index (χ3v) is 7.50. The lowest BCUT2D eigenvalue weighted by atomic mass is 9.82. The van der Waals surface area contributed by atoms with E-state index in [0.717, 1.165) is 58.4 Å². The van der Waals surface area contributed by atoms with Crippen molar-refractivity contribution in [3.05, 3.63) is 98.4 Å². The molecule has 0 radical (unpaired) electrons. The molecule has 1 aliphatic heterocycles. The first-order valence-corrected chi connectivity index (χ1v) is 12.7. The van der Waals surface area contributed by atoms with Crippen molar-refractivity contribution in [3.63, 3.8) is 0 Å². The normalized spacial score (nSPS) is 16.3. The van der Waals surface area contributed by atoms with Gasteiger partial charge in [0.25, 0.3) is 0 Å². The highest BCUT2D eigenvalue weighted by atomic mass is 16.5. The fourth-order valence-corrected chi connectivity index (χ4v) is 5.67. The van der Waals surface area contributed by atoms with Gasteiger partial charge in [-0.3, -0.25) is 4.79 Å².